The number of Topliss-reactive ketones (excluding diaryl/α,β-unsaturated/α-hetero) is 2. The SMILES string of the molecule is C.C.C.C.C.C.C#CC(=O)C(C)C.C#CC(=O)CC(C)C.C#CC(=O)N(C)C(C)C.C=CS(=O)(=O)C(C)C.C=CS(=O)(=O)CC(C)C.C=CS(=O)(=O)N(C)C(C)C. The van der Waals surface area contributed by atoms with Gasteiger partial charge in [0.15, 0.2) is 19.7 Å². The number of ketones is 2. The molecular weight excluding hydrogens is 785 g/mol. The lowest BCUT2D eigenvalue weighted by molar-refractivity contribution is -0.125. The third-order valence-electron chi connectivity index (χ3n) is 5.69. The highest BCUT2D eigenvalue weighted by Crippen LogP contribution is 2.03. The van der Waals surface area contributed by atoms with Gasteiger partial charge in [0, 0.05) is 54.7 Å². The van der Waals surface area contributed by atoms with Crippen LogP contribution in [0.5, 0.6) is 0 Å². The Morgan fingerprint density at radius 3 is 1.05 bits per heavy atom. The van der Waals surface area contributed by atoms with E-state index in [1.807, 2.05) is 53.4 Å². The quantitative estimate of drug-likeness (QED) is 0.138. The van der Waals surface area contributed by atoms with Crippen LogP contribution in [0.3, 0.4) is 0 Å². The van der Waals surface area contributed by atoms with Gasteiger partial charge in [0.05, 0.1) is 11.0 Å². The Morgan fingerprint density at radius 1 is 0.596 bits per heavy atom. The van der Waals surface area contributed by atoms with Gasteiger partial charge < -0.3 is 4.90 Å². The standard InChI is InChI=1S/C7H11NO.C7H10O.C6H13NO2S.C6H12O2S.C6H8O.C5H10O2S.6CH4/c1-5-7(9)8(4)6(2)3;1-4-7(8)5-6(2)3;1-5-10(8,9)7(4)6(2)3;1-4-9(7,8)5-6(2)3;1-4-6(7)5(2)3;1-4-8(6,7)5(2)3;;;;;;/h1,6H,2-4H3;1,6H,5H2,2-3H3;5-6H,1H2,2-4H3;4,6H,1,5H2,2-3H3;1,5H,2-3H3;4-5H,1H2,2-3H3;6*1H4. The summed E-state index contributed by atoms with van der Waals surface area (Å²) in [5.41, 5.74) is 0. The maximum Gasteiger partial charge on any atom is 0.298 e. The predicted octanol–water partition coefficient (Wildman–Crippen LogP) is 9.34. The Bertz CT molecular complexity index is 1520. The second-order valence-corrected chi connectivity index (χ2v) is 18.9. The van der Waals surface area contributed by atoms with Crippen LogP contribution in [-0.4, -0.2) is 89.1 Å². The first-order valence-corrected chi connectivity index (χ1v) is 20.7. The average Bonchev–Trinajstić information content (AvgIpc) is 3.03. The van der Waals surface area contributed by atoms with Gasteiger partial charge >= 0.3 is 0 Å². The predicted molar refractivity (Wildman–Crippen MR) is 254 cm³/mol. The van der Waals surface area contributed by atoms with Gasteiger partial charge in [-0.25, -0.2) is 25.3 Å². The molecule has 0 aliphatic carbocycles. The number of hydrogen-bond donors (Lipinski definition) is 0. The van der Waals surface area contributed by atoms with Gasteiger partial charge in [-0.2, -0.15) is 4.31 Å². The molecule has 0 aromatic heterocycles. The second-order valence-electron chi connectivity index (χ2n) is 12.5. The molecule has 57 heavy (non-hydrogen) atoms. The lowest BCUT2D eigenvalue weighted by atomic mass is 10.1. The average molecular weight is 873 g/mol. The van der Waals surface area contributed by atoms with Crippen LogP contribution in [0, 0.1) is 54.8 Å². The number of rotatable bonds is 12. The fraction of sp³-hybridized carbons (Fsp3) is 0.651. The highest BCUT2D eigenvalue weighted by Gasteiger charge is 2.15. The number of amides is 1. The molecule has 11 nitrogen and oxygen atoms in total. The van der Waals surface area contributed by atoms with Crippen LogP contribution in [0.25, 0.3) is 0 Å². The molecule has 14 heteroatoms. The fourth-order valence-electron chi connectivity index (χ4n) is 2.07. The van der Waals surface area contributed by atoms with Crippen molar-refractivity contribution in [3.8, 4) is 37.0 Å². The van der Waals surface area contributed by atoms with E-state index < -0.39 is 29.7 Å². The largest absolute Gasteiger partial charge is 0.333 e. The Morgan fingerprint density at radius 2 is 0.982 bits per heavy atom. The van der Waals surface area contributed by atoms with Gasteiger partial charge in [0.25, 0.3) is 5.91 Å². The van der Waals surface area contributed by atoms with Gasteiger partial charge in [-0.3, -0.25) is 14.4 Å². The van der Waals surface area contributed by atoms with E-state index in [1.165, 1.54) is 16.3 Å². The Hall–Kier alpha value is -3.48. The fourth-order valence-corrected chi connectivity index (χ4v) is 4.34. The molecule has 0 fully saturated rings. The van der Waals surface area contributed by atoms with Crippen LogP contribution >= 0.6 is 0 Å². The van der Waals surface area contributed by atoms with Crippen molar-refractivity contribution in [2.45, 2.75) is 151 Å². The van der Waals surface area contributed by atoms with Crippen LogP contribution in [0.4, 0.5) is 0 Å². The van der Waals surface area contributed by atoms with E-state index in [9.17, 15) is 39.6 Å². The monoisotopic (exact) mass is 873 g/mol. The number of sulfone groups is 2. The number of sulfonamides is 1. The molecule has 342 valence electrons. The van der Waals surface area contributed by atoms with Crippen LogP contribution in [0.1, 0.15) is 134 Å². The molecule has 0 saturated carbocycles. The number of hydrogen-bond acceptors (Lipinski definition) is 9. The summed E-state index contributed by atoms with van der Waals surface area (Å²) in [6, 6.07) is 0.177. The Labute approximate surface area is 356 Å². The molecule has 0 aliphatic heterocycles. The molecule has 0 radical (unpaired) electrons. The van der Waals surface area contributed by atoms with E-state index in [1.54, 1.807) is 48.6 Å². The molecule has 1 amide bonds. The first-order valence-electron chi connectivity index (χ1n) is 15.9. The van der Waals surface area contributed by atoms with Crippen molar-refractivity contribution in [2.24, 2.45) is 17.8 Å². The van der Waals surface area contributed by atoms with E-state index >= 15 is 0 Å². The molecular formula is C43H88N2O9S3. The summed E-state index contributed by atoms with van der Waals surface area (Å²) in [4.78, 5) is 32.8. The molecule has 0 aromatic carbocycles. The van der Waals surface area contributed by atoms with E-state index in [4.69, 9.17) is 19.3 Å². The first kappa shape index (κ1) is 85.6. The van der Waals surface area contributed by atoms with E-state index in [2.05, 4.69) is 25.7 Å². The third kappa shape index (κ3) is 56.9. The maximum atomic E-state index is 10.9. The summed E-state index contributed by atoms with van der Waals surface area (Å²) >= 11 is 0. The van der Waals surface area contributed by atoms with Crippen molar-refractivity contribution in [1.29, 1.82) is 0 Å². The van der Waals surface area contributed by atoms with E-state index in [0.29, 0.717) is 12.3 Å². The lowest BCUT2D eigenvalue weighted by Gasteiger charge is -2.17. The van der Waals surface area contributed by atoms with Gasteiger partial charge in [-0.05, 0) is 71.1 Å². The van der Waals surface area contributed by atoms with Crippen molar-refractivity contribution >= 4 is 47.2 Å². The van der Waals surface area contributed by atoms with Crippen LogP contribution in [-0.2, 0) is 44.1 Å². The summed E-state index contributed by atoms with van der Waals surface area (Å²) in [7, 11) is -5.91. The second kappa shape index (κ2) is 45.2. The van der Waals surface area contributed by atoms with Crippen LogP contribution in [0.2, 0.25) is 0 Å². The third-order valence-corrected chi connectivity index (χ3v) is 10.8. The molecule has 0 atom stereocenters. The maximum absolute atomic E-state index is 10.9. The number of carbonyl (C=O) groups is 3. The van der Waals surface area contributed by atoms with Crippen molar-refractivity contribution < 1.29 is 39.6 Å². The van der Waals surface area contributed by atoms with Crippen molar-refractivity contribution in [2.75, 3.05) is 19.8 Å². The number of carbonyl (C=O) groups excluding carboxylic acids is 3. The molecule has 0 saturated heterocycles. The summed E-state index contributed by atoms with van der Waals surface area (Å²) in [6.07, 6.45) is 15.0. The smallest absolute Gasteiger partial charge is 0.298 e. The van der Waals surface area contributed by atoms with Gasteiger partial charge in [0.2, 0.25) is 21.6 Å². The molecule has 0 bridgehead atoms. The minimum absolute atomic E-state index is 0. The molecule has 0 spiro atoms. The summed E-state index contributed by atoms with van der Waals surface area (Å²) in [5.74, 6) is 6.41. The molecule has 0 heterocycles. The summed E-state index contributed by atoms with van der Waals surface area (Å²) < 4.78 is 65.7. The van der Waals surface area contributed by atoms with Gasteiger partial charge in [0.1, 0.15) is 0 Å². The molecule has 0 aliphatic rings. The van der Waals surface area contributed by atoms with E-state index in [0.717, 1.165) is 16.2 Å². The molecule has 0 N–H and O–H groups in total. The van der Waals surface area contributed by atoms with Gasteiger partial charge in [-0.15, -0.1) is 19.3 Å². The first-order chi connectivity index (χ1) is 22.8. The zero-order valence-electron chi connectivity index (χ0n) is 33.3. The molecule has 0 unspecified atom stereocenters. The summed E-state index contributed by atoms with van der Waals surface area (Å²) in [6.45, 7) is 31.5. The highest BCUT2D eigenvalue weighted by atomic mass is 32.2. The van der Waals surface area contributed by atoms with Crippen LogP contribution in [0.15, 0.2) is 36.0 Å². The molecule has 0 aromatic rings. The lowest BCUT2D eigenvalue weighted by Crippen LogP contribution is -2.31. The number of terminal acetylenes is 3. The van der Waals surface area contributed by atoms with Crippen LogP contribution < -0.4 is 0 Å². The minimum atomic E-state index is -3.20. The highest BCUT2D eigenvalue weighted by molar-refractivity contribution is 7.94. The van der Waals surface area contributed by atoms with Gasteiger partial charge in [-0.1, -0.05) is 106 Å². The van der Waals surface area contributed by atoms with Crippen molar-refractivity contribution in [3.05, 3.63) is 36.0 Å². The zero-order chi connectivity index (χ0) is 42.5. The Kier molecular flexibility index (Phi) is 67.9. The summed E-state index contributed by atoms with van der Waals surface area (Å²) in [5, 5.41) is 2.61. The number of nitrogens with zero attached hydrogens (tertiary/aromatic N) is 2. The Balaban J connectivity index is -0.0000000419. The minimum Gasteiger partial charge on any atom is -0.333 e. The molecule has 0 rings (SSSR count). The topological polar surface area (TPSA) is 160 Å². The zero-order valence-corrected chi connectivity index (χ0v) is 35.7. The van der Waals surface area contributed by atoms with E-state index in [-0.39, 0.29) is 97.0 Å². The van der Waals surface area contributed by atoms with Crippen molar-refractivity contribution in [1.82, 2.24) is 9.21 Å². The normalized spacial score (nSPS) is 9.37. The van der Waals surface area contributed by atoms with Crippen molar-refractivity contribution in [3.63, 3.8) is 0 Å².